The number of methoxy groups -OCH3 is 2. The first-order valence-electron chi connectivity index (χ1n) is 4.28. The van der Waals surface area contributed by atoms with Crippen molar-refractivity contribution in [1.29, 1.82) is 5.26 Å². The molecule has 0 aliphatic heterocycles. The first kappa shape index (κ1) is 10.4. The van der Waals surface area contributed by atoms with E-state index in [2.05, 4.69) is 6.07 Å². The van der Waals surface area contributed by atoms with Crippen LogP contribution in [0.3, 0.4) is 0 Å². The van der Waals surface area contributed by atoms with Gasteiger partial charge < -0.3 is 9.47 Å². The highest BCUT2D eigenvalue weighted by Crippen LogP contribution is 2.34. The summed E-state index contributed by atoms with van der Waals surface area (Å²) < 4.78 is 10.3. The van der Waals surface area contributed by atoms with Gasteiger partial charge in [0.25, 0.3) is 0 Å². The molecule has 14 heavy (non-hydrogen) atoms. The maximum absolute atomic E-state index is 8.99. The summed E-state index contributed by atoms with van der Waals surface area (Å²) in [6.45, 7) is 3.84. The Balaban J connectivity index is 3.52. The minimum Gasteiger partial charge on any atom is -0.493 e. The van der Waals surface area contributed by atoms with Gasteiger partial charge >= 0.3 is 0 Å². The van der Waals surface area contributed by atoms with Crippen molar-refractivity contribution in [1.82, 2.24) is 0 Å². The monoisotopic (exact) mass is 191 g/mol. The standard InChI is InChI=1S/C11H13NO2/c1-7-5-10(13-3)11(14-4)9(6-12)8(7)2/h5H,1-4H3. The van der Waals surface area contributed by atoms with E-state index in [0.29, 0.717) is 17.1 Å². The molecule has 0 heterocycles. The molecule has 0 aliphatic carbocycles. The molecule has 3 nitrogen and oxygen atoms in total. The van der Waals surface area contributed by atoms with Gasteiger partial charge in [-0.15, -0.1) is 0 Å². The second-order valence-electron chi connectivity index (χ2n) is 3.04. The van der Waals surface area contributed by atoms with Crippen LogP contribution < -0.4 is 9.47 Å². The number of ether oxygens (including phenoxy) is 2. The molecule has 0 atom stereocenters. The molecule has 0 radical (unpaired) electrons. The van der Waals surface area contributed by atoms with E-state index in [0.717, 1.165) is 11.1 Å². The summed E-state index contributed by atoms with van der Waals surface area (Å²) in [6, 6.07) is 4.00. The molecule has 0 saturated heterocycles. The van der Waals surface area contributed by atoms with Gasteiger partial charge in [0.05, 0.1) is 14.2 Å². The Labute approximate surface area is 83.9 Å². The Morgan fingerprint density at radius 2 is 1.86 bits per heavy atom. The molecule has 1 aromatic carbocycles. The first-order chi connectivity index (χ1) is 6.65. The van der Waals surface area contributed by atoms with E-state index in [1.54, 1.807) is 7.11 Å². The van der Waals surface area contributed by atoms with E-state index in [1.165, 1.54) is 7.11 Å². The van der Waals surface area contributed by atoms with Crippen molar-refractivity contribution in [3.63, 3.8) is 0 Å². The van der Waals surface area contributed by atoms with Gasteiger partial charge in [-0.3, -0.25) is 0 Å². The average Bonchev–Trinajstić information content (AvgIpc) is 2.20. The summed E-state index contributed by atoms with van der Waals surface area (Å²) in [5.74, 6) is 1.12. The first-order valence-corrected chi connectivity index (χ1v) is 4.28. The maximum atomic E-state index is 8.99. The topological polar surface area (TPSA) is 42.2 Å². The second-order valence-corrected chi connectivity index (χ2v) is 3.04. The minimum atomic E-state index is 0.512. The lowest BCUT2D eigenvalue weighted by atomic mass is 10.0. The number of nitrogens with zero attached hydrogens (tertiary/aromatic N) is 1. The fourth-order valence-electron chi connectivity index (χ4n) is 1.35. The normalized spacial score (nSPS) is 9.36. The fourth-order valence-corrected chi connectivity index (χ4v) is 1.35. The molecule has 0 spiro atoms. The van der Waals surface area contributed by atoms with Crippen LogP contribution in [0.5, 0.6) is 11.5 Å². The SMILES string of the molecule is COc1cc(C)c(C)c(C#N)c1OC. The number of nitriles is 1. The second kappa shape index (κ2) is 4.01. The summed E-state index contributed by atoms with van der Waals surface area (Å²) in [4.78, 5) is 0. The quantitative estimate of drug-likeness (QED) is 0.719. The van der Waals surface area contributed by atoms with E-state index in [4.69, 9.17) is 14.7 Å². The number of hydrogen-bond acceptors (Lipinski definition) is 3. The van der Waals surface area contributed by atoms with Crippen molar-refractivity contribution < 1.29 is 9.47 Å². The molecule has 0 bridgehead atoms. The van der Waals surface area contributed by atoms with E-state index in [1.807, 2.05) is 19.9 Å². The van der Waals surface area contributed by atoms with Crippen LogP contribution in [0, 0.1) is 25.2 Å². The summed E-state index contributed by atoms with van der Waals surface area (Å²) >= 11 is 0. The van der Waals surface area contributed by atoms with Crippen LogP contribution in [0.15, 0.2) is 6.07 Å². The summed E-state index contributed by atoms with van der Waals surface area (Å²) in [5.41, 5.74) is 2.51. The number of hydrogen-bond donors (Lipinski definition) is 0. The summed E-state index contributed by atoms with van der Waals surface area (Å²) in [6.07, 6.45) is 0. The van der Waals surface area contributed by atoms with Gasteiger partial charge in [0.15, 0.2) is 11.5 Å². The van der Waals surface area contributed by atoms with Crippen molar-refractivity contribution in [3.05, 3.63) is 22.8 Å². The lowest BCUT2D eigenvalue weighted by Gasteiger charge is -2.12. The molecular formula is C11H13NO2. The minimum absolute atomic E-state index is 0.512. The summed E-state index contributed by atoms with van der Waals surface area (Å²) in [5, 5.41) is 8.99. The average molecular weight is 191 g/mol. The highest BCUT2D eigenvalue weighted by molar-refractivity contribution is 5.59. The zero-order chi connectivity index (χ0) is 10.7. The highest BCUT2D eigenvalue weighted by Gasteiger charge is 2.14. The Hall–Kier alpha value is -1.69. The van der Waals surface area contributed by atoms with Gasteiger partial charge in [0.1, 0.15) is 11.6 Å². The van der Waals surface area contributed by atoms with Crippen LogP contribution in [0.2, 0.25) is 0 Å². The molecule has 0 N–H and O–H groups in total. The zero-order valence-corrected chi connectivity index (χ0v) is 8.84. The zero-order valence-electron chi connectivity index (χ0n) is 8.84. The number of rotatable bonds is 2. The van der Waals surface area contributed by atoms with E-state index in [9.17, 15) is 0 Å². The van der Waals surface area contributed by atoms with E-state index in [-0.39, 0.29) is 0 Å². The molecule has 0 fully saturated rings. The molecule has 0 aliphatic rings. The Morgan fingerprint density at radius 3 is 2.29 bits per heavy atom. The smallest absolute Gasteiger partial charge is 0.178 e. The predicted octanol–water partition coefficient (Wildman–Crippen LogP) is 2.19. The van der Waals surface area contributed by atoms with Crippen LogP contribution in [-0.4, -0.2) is 14.2 Å². The molecule has 1 aromatic rings. The Morgan fingerprint density at radius 1 is 1.21 bits per heavy atom. The van der Waals surface area contributed by atoms with Crippen molar-refractivity contribution in [2.45, 2.75) is 13.8 Å². The van der Waals surface area contributed by atoms with E-state index >= 15 is 0 Å². The third-order valence-electron chi connectivity index (χ3n) is 2.30. The van der Waals surface area contributed by atoms with Crippen molar-refractivity contribution in [2.24, 2.45) is 0 Å². The van der Waals surface area contributed by atoms with Crippen LogP contribution >= 0.6 is 0 Å². The van der Waals surface area contributed by atoms with Crippen molar-refractivity contribution >= 4 is 0 Å². The molecule has 0 unspecified atom stereocenters. The van der Waals surface area contributed by atoms with Crippen LogP contribution in [0.1, 0.15) is 16.7 Å². The van der Waals surface area contributed by atoms with E-state index < -0.39 is 0 Å². The Bertz CT molecular complexity index is 391. The lowest BCUT2D eigenvalue weighted by molar-refractivity contribution is 0.353. The van der Waals surface area contributed by atoms with Crippen LogP contribution in [0.4, 0.5) is 0 Å². The number of benzene rings is 1. The Kier molecular flexibility index (Phi) is 2.98. The predicted molar refractivity (Wildman–Crippen MR) is 53.7 cm³/mol. The molecule has 0 aromatic heterocycles. The molecular weight excluding hydrogens is 178 g/mol. The van der Waals surface area contributed by atoms with Gasteiger partial charge in [0.2, 0.25) is 0 Å². The largest absolute Gasteiger partial charge is 0.493 e. The van der Waals surface area contributed by atoms with Crippen LogP contribution in [0.25, 0.3) is 0 Å². The highest BCUT2D eigenvalue weighted by atomic mass is 16.5. The molecule has 74 valence electrons. The molecule has 1 rings (SSSR count). The van der Waals surface area contributed by atoms with Gasteiger partial charge in [-0.05, 0) is 31.0 Å². The van der Waals surface area contributed by atoms with Gasteiger partial charge in [-0.25, -0.2) is 0 Å². The van der Waals surface area contributed by atoms with Crippen molar-refractivity contribution in [3.8, 4) is 17.6 Å². The van der Waals surface area contributed by atoms with Gasteiger partial charge in [0, 0.05) is 0 Å². The lowest BCUT2D eigenvalue weighted by Crippen LogP contribution is -1.97. The maximum Gasteiger partial charge on any atom is 0.178 e. The molecule has 0 saturated carbocycles. The van der Waals surface area contributed by atoms with Crippen molar-refractivity contribution in [2.75, 3.05) is 14.2 Å². The number of aryl methyl sites for hydroxylation is 1. The fraction of sp³-hybridized carbons (Fsp3) is 0.364. The third kappa shape index (κ3) is 1.51. The molecule has 3 heteroatoms. The summed E-state index contributed by atoms with van der Waals surface area (Å²) in [7, 11) is 3.10. The third-order valence-corrected chi connectivity index (χ3v) is 2.30. The van der Waals surface area contributed by atoms with Gasteiger partial charge in [-0.2, -0.15) is 5.26 Å². The van der Waals surface area contributed by atoms with Gasteiger partial charge in [-0.1, -0.05) is 0 Å². The van der Waals surface area contributed by atoms with Crippen LogP contribution in [-0.2, 0) is 0 Å². The molecule has 0 amide bonds.